The fourth-order valence-corrected chi connectivity index (χ4v) is 2.19. The Hall–Kier alpha value is -0.370. The van der Waals surface area contributed by atoms with Crippen molar-refractivity contribution in [2.24, 2.45) is 10.7 Å². The van der Waals surface area contributed by atoms with E-state index in [0.29, 0.717) is 12.5 Å². The number of nitrogens with zero attached hydrogens (tertiary/aromatic N) is 2. The summed E-state index contributed by atoms with van der Waals surface area (Å²) in [6.07, 6.45) is 2.28. The Morgan fingerprint density at radius 3 is 2.71 bits per heavy atom. The van der Waals surface area contributed by atoms with Gasteiger partial charge in [0.25, 0.3) is 0 Å². The lowest BCUT2D eigenvalue weighted by atomic mass is 10.3. The fraction of sp³-hybridized carbons (Fsp3) is 0.636. The lowest BCUT2D eigenvalue weighted by molar-refractivity contribution is 0.748. The summed E-state index contributed by atoms with van der Waals surface area (Å²) in [5.74, 6) is 0.527. The Kier molecular flexibility index (Phi) is 8.49. The maximum Gasteiger partial charge on any atom is 0.188 e. The Balaban J connectivity index is 0.00000256. The molecule has 17 heavy (non-hydrogen) atoms. The van der Waals surface area contributed by atoms with Gasteiger partial charge in [0, 0.05) is 11.4 Å². The molecular formula is C11H21IN4S. The van der Waals surface area contributed by atoms with Crippen LogP contribution in [-0.4, -0.2) is 17.5 Å². The topological polar surface area (TPSA) is 63.3 Å². The maximum atomic E-state index is 5.74. The third-order valence-electron chi connectivity index (χ3n) is 2.23. The molecule has 1 aromatic rings. The number of nitrogens with one attached hydrogen (secondary N) is 1. The summed E-state index contributed by atoms with van der Waals surface area (Å²) in [4.78, 5) is 9.84. The number of aromatic nitrogens is 1. The van der Waals surface area contributed by atoms with Crippen LogP contribution in [0, 0.1) is 13.8 Å². The number of aliphatic imine (C=N–C) groups is 1. The molecule has 1 aromatic heterocycles. The third kappa shape index (κ3) is 6.21. The van der Waals surface area contributed by atoms with Gasteiger partial charge in [0.2, 0.25) is 0 Å². The largest absolute Gasteiger partial charge is 0.370 e. The predicted molar refractivity (Wildman–Crippen MR) is 85.2 cm³/mol. The minimum absolute atomic E-state index is 0. The van der Waals surface area contributed by atoms with Crippen LogP contribution in [0.15, 0.2) is 4.99 Å². The summed E-state index contributed by atoms with van der Waals surface area (Å²) in [7, 11) is 0. The average Bonchev–Trinajstić information content (AvgIpc) is 2.55. The normalized spacial score (nSPS) is 11.1. The summed E-state index contributed by atoms with van der Waals surface area (Å²) in [5, 5.41) is 4.18. The number of guanidine groups is 1. The monoisotopic (exact) mass is 368 g/mol. The zero-order valence-corrected chi connectivity index (χ0v) is 13.8. The number of hydrogen-bond donors (Lipinski definition) is 2. The molecule has 0 unspecified atom stereocenters. The van der Waals surface area contributed by atoms with Crippen molar-refractivity contribution in [3.63, 3.8) is 0 Å². The summed E-state index contributed by atoms with van der Waals surface area (Å²) in [6.45, 7) is 7.69. The molecule has 0 saturated heterocycles. The second kappa shape index (κ2) is 8.68. The number of rotatable bonds is 5. The number of hydrogen-bond acceptors (Lipinski definition) is 3. The molecule has 0 amide bonds. The second-order valence-corrected chi connectivity index (χ2v) is 5.01. The highest BCUT2D eigenvalue weighted by Crippen LogP contribution is 2.17. The SMILES string of the molecule is CCCCNC(N)=NCc1sc(C)nc1C.I. The summed E-state index contributed by atoms with van der Waals surface area (Å²) >= 11 is 1.68. The van der Waals surface area contributed by atoms with E-state index in [4.69, 9.17) is 5.73 Å². The fourth-order valence-electron chi connectivity index (χ4n) is 1.33. The Labute approximate surface area is 124 Å². The van der Waals surface area contributed by atoms with Crippen molar-refractivity contribution in [1.29, 1.82) is 0 Å². The van der Waals surface area contributed by atoms with Crippen molar-refractivity contribution < 1.29 is 0 Å². The summed E-state index contributed by atoms with van der Waals surface area (Å²) < 4.78 is 0. The number of unbranched alkanes of at least 4 members (excludes halogenated alkanes) is 1. The van der Waals surface area contributed by atoms with E-state index in [2.05, 4.69) is 22.2 Å². The first-order chi connectivity index (χ1) is 7.63. The van der Waals surface area contributed by atoms with Gasteiger partial charge < -0.3 is 11.1 Å². The molecule has 0 aliphatic carbocycles. The van der Waals surface area contributed by atoms with E-state index in [-0.39, 0.29) is 24.0 Å². The molecule has 0 spiro atoms. The van der Waals surface area contributed by atoms with Gasteiger partial charge >= 0.3 is 0 Å². The molecule has 0 bridgehead atoms. The molecule has 0 aromatic carbocycles. The molecule has 4 nitrogen and oxygen atoms in total. The Morgan fingerprint density at radius 2 is 2.18 bits per heavy atom. The quantitative estimate of drug-likeness (QED) is 0.364. The van der Waals surface area contributed by atoms with E-state index in [1.54, 1.807) is 11.3 Å². The maximum absolute atomic E-state index is 5.74. The number of nitrogens with two attached hydrogens (primary N) is 1. The van der Waals surface area contributed by atoms with Crippen molar-refractivity contribution in [2.75, 3.05) is 6.54 Å². The highest BCUT2D eigenvalue weighted by atomic mass is 127. The Morgan fingerprint density at radius 1 is 1.47 bits per heavy atom. The molecule has 98 valence electrons. The van der Waals surface area contributed by atoms with Gasteiger partial charge in [-0.15, -0.1) is 35.3 Å². The van der Waals surface area contributed by atoms with Crippen LogP contribution in [0.5, 0.6) is 0 Å². The van der Waals surface area contributed by atoms with Crippen molar-refractivity contribution in [3.05, 3.63) is 15.6 Å². The third-order valence-corrected chi connectivity index (χ3v) is 3.29. The molecule has 0 aliphatic heterocycles. The first-order valence-electron chi connectivity index (χ1n) is 5.60. The average molecular weight is 368 g/mol. The molecule has 1 heterocycles. The van der Waals surface area contributed by atoms with Gasteiger partial charge in [-0.2, -0.15) is 0 Å². The van der Waals surface area contributed by atoms with Crippen molar-refractivity contribution in [1.82, 2.24) is 10.3 Å². The lowest BCUT2D eigenvalue weighted by Crippen LogP contribution is -2.32. The van der Waals surface area contributed by atoms with E-state index in [9.17, 15) is 0 Å². The zero-order valence-electron chi connectivity index (χ0n) is 10.6. The van der Waals surface area contributed by atoms with E-state index in [0.717, 1.165) is 30.1 Å². The van der Waals surface area contributed by atoms with Crippen LogP contribution in [-0.2, 0) is 6.54 Å². The van der Waals surface area contributed by atoms with Gasteiger partial charge in [0.15, 0.2) is 5.96 Å². The first kappa shape index (κ1) is 16.6. The van der Waals surface area contributed by atoms with E-state index in [1.807, 2.05) is 13.8 Å². The second-order valence-electron chi connectivity index (χ2n) is 3.72. The molecule has 0 saturated carbocycles. The molecule has 6 heteroatoms. The highest BCUT2D eigenvalue weighted by molar-refractivity contribution is 14.0. The molecular weight excluding hydrogens is 347 g/mol. The minimum atomic E-state index is 0. The van der Waals surface area contributed by atoms with Crippen molar-refractivity contribution in [3.8, 4) is 0 Å². The molecule has 0 atom stereocenters. The van der Waals surface area contributed by atoms with Crippen LogP contribution in [0.3, 0.4) is 0 Å². The molecule has 0 radical (unpaired) electrons. The van der Waals surface area contributed by atoms with Gasteiger partial charge in [-0.25, -0.2) is 9.98 Å². The molecule has 1 rings (SSSR count). The van der Waals surface area contributed by atoms with Crippen LogP contribution >= 0.6 is 35.3 Å². The lowest BCUT2D eigenvalue weighted by Gasteiger charge is -2.03. The zero-order chi connectivity index (χ0) is 12.0. The van der Waals surface area contributed by atoms with E-state index in [1.165, 1.54) is 4.88 Å². The van der Waals surface area contributed by atoms with E-state index < -0.39 is 0 Å². The van der Waals surface area contributed by atoms with Crippen molar-refractivity contribution >= 4 is 41.3 Å². The number of halogens is 1. The standard InChI is InChI=1S/C11H20N4S.HI/c1-4-5-6-13-11(12)14-7-10-8(2)15-9(3)16-10;/h4-7H2,1-3H3,(H3,12,13,14);1H. The smallest absolute Gasteiger partial charge is 0.188 e. The summed E-state index contributed by atoms with van der Waals surface area (Å²) in [6, 6.07) is 0. The van der Waals surface area contributed by atoms with Crippen LogP contribution in [0.4, 0.5) is 0 Å². The van der Waals surface area contributed by atoms with Crippen molar-refractivity contribution in [2.45, 2.75) is 40.2 Å². The molecule has 0 aliphatic rings. The predicted octanol–water partition coefficient (Wildman–Crippen LogP) is 2.58. The Bertz CT molecular complexity index is 362. The van der Waals surface area contributed by atoms with Gasteiger partial charge in [-0.3, -0.25) is 0 Å². The van der Waals surface area contributed by atoms with Crippen LogP contribution in [0.25, 0.3) is 0 Å². The van der Waals surface area contributed by atoms with E-state index >= 15 is 0 Å². The first-order valence-corrected chi connectivity index (χ1v) is 6.41. The van der Waals surface area contributed by atoms with Gasteiger partial charge in [0.05, 0.1) is 17.2 Å². The van der Waals surface area contributed by atoms with Gasteiger partial charge in [-0.05, 0) is 20.3 Å². The number of thiazole rings is 1. The van der Waals surface area contributed by atoms with Gasteiger partial charge in [0.1, 0.15) is 0 Å². The van der Waals surface area contributed by atoms with Crippen LogP contribution in [0.2, 0.25) is 0 Å². The highest BCUT2D eigenvalue weighted by Gasteiger charge is 2.03. The number of aryl methyl sites for hydroxylation is 2. The minimum Gasteiger partial charge on any atom is -0.370 e. The molecule has 0 fully saturated rings. The van der Waals surface area contributed by atoms with Crippen LogP contribution < -0.4 is 11.1 Å². The van der Waals surface area contributed by atoms with Crippen LogP contribution in [0.1, 0.15) is 35.3 Å². The summed E-state index contributed by atoms with van der Waals surface area (Å²) in [5.41, 5.74) is 6.80. The molecule has 3 N–H and O–H groups in total. The van der Waals surface area contributed by atoms with Gasteiger partial charge in [-0.1, -0.05) is 13.3 Å².